The number of nitrogens with two attached hydrogens (primary N) is 1. The predicted octanol–water partition coefficient (Wildman–Crippen LogP) is 2.84. The van der Waals surface area contributed by atoms with Crippen LogP contribution in [0.2, 0.25) is 0 Å². The molecule has 2 N–H and O–H groups in total. The van der Waals surface area contributed by atoms with Crippen molar-refractivity contribution in [3.63, 3.8) is 0 Å². The molecular weight excluding hydrogens is 260 g/mol. The van der Waals surface area contributed by atoms with Crippen molar-refractivity contribution in [3.8, 4) is 0 Å². The molecule has 0 bridgehead atoms. The summed E-state index contributed by atoms with van der Waals surface area (Å²) in [6.45, 7) is 4.83. The van der Waals surface area contributed by atoms with Gasteiger partial charge in [-0.2, -0.15) is 0 Å². The molecule has 1 aliphatic heterocycles. The Kier molecular flexibility index (Phi) is 6.22. The Morgan fingerprint density at radius 3 is 2.62 bits per heavy atom. The van der Waals surface area contributed by atoms with Gasteiger partial charge in [0.25, 0.3) is 0 Å². The lowest BCUT2D eigenvalue weighted by Crippen LogP contribution is -2.55. The molecule has 0 aliphatic carbocycles. The largest absolute Gasteiger partial charge is 0.377 e. The van der Waals surface area contributed by atoms with E-state index in [2.05, 4.69) is 49.2 Å². The first kappa shape index (κ1) is 16.5. The highest BCUT2D eigenvalue weighted by Crippen LogP contribution is 2.25. The minimum atomic E-state index is 0.0299. The Labute approximate surface area is 129 Å². The van der Waals surface area contributed by atoms with Gasteiger partial charge in [0.1, 0.15) is 0 Å². The molecule has 3 heteroatoms. The average Bonchev–Trinajstić information content (AvgIpc) is 2.54. The summed E-state index contributed by atoms with van der Waals surface area (Å²) in [5.41, 5.74) is 7.58. The first-order chi connectivity index (χ1) is 10.2. The molecule has 1 fully saturated rings. The van der Waals surface area contributed by atoms with Crippen molar-refractivity contribution in [1.82, 2.24) is 4.90 Å². The van der Waals surface area contributed by atoms with E-state index in [1.54, 1.807) is 0 Å². The minimum absolute atomic E-state index is 0.0299. The SMILES string of the molecule is CCC(CN)(Cc1ccccc1)N(C)CC1CCCCO1. The lowest BCUT2D eigenvalue weighted by atomic mass is 9.86. The minimum Gasteiger partial charge on any atom is -0.377 e. The van der Waals surface area contributed by atoms with Gasteiger partial charge in [0.15, 0.2) is 0 Å². The number of rotatable bonds is 7. The number of nitrogens with zero attached hydrogens (tertiary/aromatic N) is 1. The average molecular weight is 290 g/mol. The van der Waals surface area contributed by atoms with E-state index in [1.165, 1.54) is 24.8 Å². The lowest BCUT2D eigenvalue weighted by molar-refractivity contribution is -0.0234. The smallest absolute Gasteiger partial charge is 0.0702 e. The van der Waals surface area contributed by atoms with Crippen LogP contribution in [0, 0.1) is 0 Å². The van der Waals surface area contributed by atoms with Crippen LogP contribution in [0.3, 0.4) is 0 Å². The molecule has 1 aromatic carbocycles. The fourth-order valence-corrected chi connectivity index (χ4v) is 3.33. The highest BCUT2D eigenvalue weighted by atomic mass is 16.5. The zero-order valence-corrected chi connectivity index (χ0v) is 13.6. The van der Waals surface area contributed by atoms with E-state index in [9.17, 15) is 0 Å². The van der Waals surface area contributed by atoms with E-state index < -0.39 is 0 Å². The maximum atomic E-state index is 6.19. The summed E-state index contributed by atoms with van der Waals surface area (Å²) in [6, 6.07) is 10.7. The molecule has 2 atom stereocenters. The van der Waals surface area contributed by atoms with Crippen molar-refractivity contribution in [3.05, 3.63) is 35.9 Å². The molecule has 1 aromatic rings. The quantitative estimate of drug-likeness (QED) is 0.839. The van der Waals surface area contributed by atoms with Gasteiger partial charge in [-0.1, -0.05) is 37.3 Å². The third kappa shape index (κ3) is 4.29. The molecule has 21 heavy (non-hydrogen) atoms. The summed E-state index contributed by atoms with van der Waals surface area (Å²) in [5, 5.41) is 0. The van der Waals surface area contributed by atoms with Crippen LogP contribution in [0.4, 0.5) is 0 Å². The molecule has 3 nitrogen and oxygen atoms in total. The second kappa shape index (κ2) is 7.92. The molecule has 0 saturated carbocycles. The van der Waals surface area contributed by atoms with Crippen molar-refractivity contribution in [2.45, 2.75) is 50.7 Å². The van der Waals surface area contributed by atoms with Gasteiger partial charge in [0.05, 0.1) is 6.10 Å². The fraction of sp³-hybridized carbons (Fsp3) is 0.667. The van der Waals surface area contributed by atoms with E-state index in [1.807, 2.05) is 0 Å². The van der Waals surface area contributed by atoms with E-state index in [4.69, 9.17) is 10.5 Å². The lowest BCUT2D eigenvalue weighted by Gasteiger charge is -2.43. The van der Waals surface area contributed by atoms with Gasteiger partial charge in [-0.3, -0.25) is 4.90 Å². The second-order valence-corrected chi connectivity index (χ2v) is 6.31. The number of likely N-dealkylation sites (N-methyl/N-ethyl adjacent to an activating group) is 1. The molecule has 0 amide bonds. The number of hydrogen-bond donors (Lipinski definition) is 1. The van der Waals surface area contributed by atoms with Gasteiger partial charge in [-0.15, -0.1) is 0 Å². The zero-order valence-electron chi connectivity index (χ0n) is 13.6. The van der Waals surface area contributed by atoms with Crippen LogP contribution in [0.1, 0.15) is 38.2 Å². The Morgan fingerprint density at radius 2 is 2.05 bits per heavy atom. The summed E-state index contributed by atoms with van der Waals surface area (Å²) in [5.74, 6) is 0. The Hall–Kier alpha value is -0.900. The highest BCUT2D eigenvalue weighted by molar-refractivity contribution is 5.18. The van der Waals surface area contributed by atoms with Crippen LogP contribution in [0.25, 0.3) is 0 Å². The van der Waals surface area contributed by atoms with Crippen LogP contribution >= 0.6 is 0 Å². The Balaban J connectivity index is 2.04. The van der Waals surface area contributed by atoms with Crippen LogP contribution in [-0.2, 0) is 11.2 Å². The molecule has 1 heterocycles. The van der Waals surface area contributed by atoms with Crippen LogP contribution < -0.4 is 5.73 Å². The molecule has 0 aromatic heterocycles. The first-order valence-electron chi connectivity index (χ1n) is 8.27. The van der Waals surface area contributed by atoms with Gasteiger partial charge in [-0.25, -0.2) is 0 Å². The standard InChI is InChI=1S/C18H30N2O/c1-3-18(15-19,13-16-9-5-4-6-10-16)20(2)14-17-11-7-8-12-21-17/h4-6,9-10,17H,3,7-8,11-15,19H2,1-2H3. The summed E-state index contributed by atoms with van der Waals surface area (Å²) in [6.07, 6.45) is 6.11. The summed E-state index contributed by atoms with van der Waals surface area (Å²) < 4.78 is 5.90. The maximum Gasteiger partial charge on any atom is 0.0702 e. The Morgan fingerprint density at radius 1 is 1.29 bits per heavy atom. The van der Waals surface area contributed by atoms with Crippen LogP contribution in [-0.4, -0.2) is 43.3 Å². The van der Waals surface area contributed by atoms with Gasteiger partial charge in [0.2, 0.25) is 0 Å². The van der Waals surface area contributed by atoms with Crippen molar-refractivity contribution in [2.24, 2.45) is 5.73 Å². The number of hydrogen-bond acceptors (Lipinski definition) is 3. The highest BCUT2D eigenvalue weighted by Gasteiger charge is 2.33. The van der Waals surface area contributed by atoms with Crippen LogP contribution in [0.15, 0.2) is 30.3 Å². The molecule has 1 saturated heterocycles. The van der Waals surface area contributed by atoms with Crippen molar-refractivity contribution >= 4 is 0 Å². The molecule has 1 aliphatic rings. The van der Waals surface area contributed by atoms with E-state index in [0.29, 0.717) is 12.6 Å². The van der Waals surface area contributed by atoms with E-state index in [-0.39, 0.29) is 5.54 Å². The maximum absolute atomic E-state index is 6.19. The topological polar surface area (TPSA) is 38.5 Å². The molecular formula is C18H30N2O. The zero-order chi connectivity index (χ0) is 15.1. The fourth-order valence-electron chi connectivity index (χ4n) is 3.33. The van der Waals surface area contributed by atoms with Gasteiger partial charge in [-0.05, 0) is 44.7 Å². The van der Waals surface area contributed by atoms with E-state index in [0.717, 1.165) is 26.0 Å². The van der Waals surface area contributed by atoms with Crippen molar-refractivity contribution < 1.29 is 4.74 Å². The number of ether oxygens (including phenoxy) is 1. The van der Waals surface area contributed by atoms with Crippen molar-refractivity contribution in [2.75, 3.05) is 26.7 Å². The number of benzene rings is 1. The van der Waals surface area contributed by atoms with E-state index >= 15 is 0 Å². The second-order valence-electron chi connectivity index (χ2n) is 6.31. The van der Waals surface area contributed by atoms with Gasteiger partial charge >= 0.3 is 0 Å². The van der Waals surface area contributed by atoms with Crippen molar-refractivity contribution in [1.29, 1.82) is 0 Å². The molecule has 2 unspecified atom stereocenters. The third-order valence-corrected chi connectivity index (χ3v) is 4.98. The molecule has 0 radical (unpaired) electrons. The van der Waals surface area contributed by atoms with Gasteiger partial charge < -0.3 is 10.5 Å². The summed E-state index contributed by atoms with van der Waals surface area (Å²) >= 11 is 0. The monoisotopic (exact) mass is 290 g/mol. The summed E-state index contributed by atoms with van der Waals surface area (Å²) in [4.78, 5) is 2.44. The summed E-state index contributed by atoms with van der Waals surface area (Å²) in [7, 11) is 2.21. The first-order valence-corrected chi connectivity index (χ1v) is 8.27. The van der Waals surface area contributed by atoms with Gasteiger partial charge in [0, 0.05) is 25.2 Å². The molecule has 118 valence electrons. The normalized spacial score (nSPS) is 22.2. The Bertz CT molecular complexity index is 397. The molecule has 2 rings (SSSR count). The van der Waals surface area contributed by atoms with Crippen LogP contribution in [0.5, 0.6) is 0 Å². The predicted molar refractivity (Wildman–Crippen MR) is 88.4 cm³/mol. The molecule has 0 spiro atoms. The third-order valence-electron chi connectivity index (χ3n) is 4.98.